The van der Waals surface area contributed by atoms with Gasteiger partial charge in [-0.1, -0.05) is 60.7 Å². The number of rotatable bonds is 7. The second-order valence-electron chi connectivity index (χ2n) is 20.9. The number of amides is 9. The average molecular weight is 1230 g/mol. The van der Waals surface area contributed by atoms with Crippen LogP contribution in [0.25, 0.3) is 0 Å². The fourth-order valence-electron chi connectivity index (χ4n) is 11.3. The molecule has 0 fully saturated rings. The maximum Gasteiger partial charge on any atom is 0.416 e. The molecule has 6 heterocycles. The standard InChI is InChI=1S/C22H17F3N4O2.C21H15F3N4O2.C21H16F2N4O2/c1-28-19(14-7-5-13(12-26)6-8-14)18-17(9-10-27-20(18)30)29(21(28)31)16-4-2-3-15(11-16)22(23,24)25;22-21(23,24)14-2-1-3-15(10-14)28-16-8-9-26-19(29)17(16)18(27-20(28)30)13-6-4-12(11-25)5-7-13;22-19(23)14-2-1-3-15(10-14)27-16-8-9-25-20(28)17(16)18(26-21(27)29)13-6-4-12(11-24)5-7-13/h2-8,11,19H,9-10H2,1H3,(H,27,30);1-7,10,18H,8-9H2,(H,26,29)(H,27,30);1-7,10,18-19H,8-9H2,(H,25,28)(H,26,29)/t19-;2*18-/m111/s1. The van der Waals surface area contributed by atoms with Gasteiger partial charge in [0.25, 0.3) is 24.1 Å². The van der Waals surface area contributed by atoms with E-state index in [1.165, 1.54) is 64.2 Å². The lowest BCUT2D eigenvalue weighted by molar-refractivity contribution is -0.138. The summed E-state index contributed by atoms with van der Waals surface area (Å²) in [5, 5.41) is 40.7. The number of hydrogen-bond acceptors (Lipinski definition) is 9. The molecule has 90 heavy (non-hydrogen) atoms. The number of anilines is 3. The quantitative estimate of drug-likeness (QED) is 0.0953. The molecule has 0 aromatic heterocycles. The Labute approximate surface area is 507 Å². The second-order valence-corrected chi connectivity index (χ2v) is 20.9. The number of hydrogen-bond donors (Lipinski definition) is 5. The second kappa shape index (κ2) is 25.2. The van der Waals surface area contributed by atoms with Crippen LogP contribution >= 0.6 is 0 Å². The zero-order valence-electron chi connectivity index (χ0n) is 47.0. The minimum absolute atomic E-state index is 0.0304. The number of urea groups is 3. The van der Waals surface area contributed by atoms with E-state index in [9.17, 15) is 63.9 Å². The number of carbonyl (C=O) groups excluding carboxylic acids is 6. The summed E-state index contributed by atoms with van der Waals surface area (Å²) in [5.41, 5.74) is 3.74. The van der Waals surface area contributed by atoms with Gasteiger partial charge < -0.3 is 31.5 Å². The van der Waals surface area contributed by atoms with Gasteiger partial charge in [0, 0.05) is 68.6 Å². The van der Waals surface area contributed by atoms with Crippen molar-refractivity contribution >= 4 is 52.9 Å². The summed E-state index contributed by atoms with van der Waals surface area (Å²) in [6.45, 7) is 0.876. The summed E-state index contributed by atoms with van der Waals surface area (Å²) in [5.74, 6) is -1.11. The molecule has 12 rings (SSSR count). The van der Waals surface area contributed by atoms with Gasteiger partial charge in [-0.25, -0.2) is 23.2 Å². The van der Waals surface area contributed by atoms with Crippen molar-refractivity contribution in [3.63, 3.8) is 0 Å². The van der Waals surface area contributed by atoms with E-state index in [0.717, 1.165) is 29.2 Å². The lowest BCUT2D eigenvalue weighted by Crippen LogP contribution is -2.53. The Morgan fingerprint density at radius 1 is 0.467 bits per heavy atom. The van der Waals surface area contributed by atoms with Crippen molar-refractivity contribution in [3.05, 3.63) is 229 Å². The average Bonchev–Trinajstić information content (AvgIpc) is 0.779. The highest BCUT2D eigenvalue weighted by Crippen LogP contribution is 2.44. The van der Waals surface area contributed by atoms with Crippen molar-refractivity contribution in [1.82, 2.24) is 31.5 Å². The van der Waals surface area contributed by atoms with Gasteiger partial charge >= 0.3 is 30.4 Å². The van der Waals surface area contributed by atoms with E-state index >= 15 is 0 Å². The lowest BCUT2D eigenvalue weighted by Gasteiger charge is -2.43. The fraction of sp³-hybridized carbons (Fsp3) is 0.203. The molecule has 0 radical (unpaired) electrons. The highest BCUT2D eigenvalue weighted by molar-refractivity contribution is 6.08. The van der Waals surface area contributed by atoms with Gasteiger partial charge in [0.1, 0.15) is 0 Å². The number of nitriles is 3. The molecule has 6 aromatic rings. The molecule has 456 valence electrons. The number of alkyl halides is 8. The molecule has 0 saturated heterocycles. The van der Waals surface area contributed by atoms with Crippen molar-refractivity contribution in [1.29, 1.82) is 15.8 Å². The maximum absolute atomic E-state index is 13.3. The molecule has 6 aliphatic rings. The summed E-state index contributed by atoms with van der Waals surface area (Å²) in [7, 11) is 1.50. The number of benzene rings is 6. The predicted octanol–water partition coefficient (Wildman–Crippen LogP) is 11.1. The van der Waals surface area contributed by atoms with Crippen LogP contribution in [0.15, 0.2) is 179 Å². The SMILES string of the molecule is CN1C(=O)N(c2cccc(C(F)(F)F)c2)C2=C(C(=O)NCC2)[C@H]1c1ccc(C#N)cc1.N#Cc1ccc([C@H]2NC(=O)N(c3cccc(C(F)(F)F)c3)C3=C2C(=O)NCC3)cc1.N#Cc1ccc([C@H]2NC(=O)N(c3cccc(C(F)F)c3)C3=C2C(=O)NCC3)cc1. The largest absolute Gasteiger partial charge is 0.416 e. The Morgan fingerprint density at radius 3 is 1.21 bits per heavy atom. The van der Waals surface area contributed by atoms with Gasteiger partial charge in [-0.3, -0.25) is 29.1 Å². The van der Waals surface area contributed by atoms with E-state index in [2.05, 4.69) is 26.6 Å². The van der Waals surface area contributed by atoms with Gasteiger partial charge in [0.15, 0.2) is 0 Å². The van der Waals surface area contributed by atoms with Gasteiger partial charge in [-0.15, -0.1) is 0 Å². The van der Waals surface area contributed by atoms with E-state index in [4.69, 9.17) is 15.8 Å². The van der Waals surface area contributed by atoms with Crippen molar-refractivity contribution in [2.24, 2.45) is 0 Å². The van der Waals surface area contributed by atoms with Crippen LogP contribution < -0.4 is 41.3 Å². The molecule has 9 amide bonds. The van der Waals surface area contributed by atoms with Crippen molar-refractivity contribution in [2.75, 3.05) is 41.4 Å². The Kier molecular flexibility index (Phi) is 17.3. The first kappa shape index (κ1) is 61.7. The van der Waals surface area contributed by atoms with Crippen LogP contribution in [0.2, 0.25) is 0 Å². The Hall–Kier alpha value is -11.3. The zero-order valence-corrected chi connectivity index (χ0v) is 47.0. The predicted molar refractivity (Wildman–Crippen MR) is 308 cm³/mol. The topological polar surface area (TPSA) is 247 Å². The highest BCUT2D eigenvalue weighted by Gasteiger charge is 2.45. The number of nitrogens with one attached hydrogen (secondary N) is 5. The molecule has 0 bridgehead atoms. The normalized spacial score (nSPS) is 19.0. The molecule has 6 aromatic carbocycles. The first-order chi connectivity index (χ1) is 43.0. The lowest BCUT2D eigenvalue weighted by atomic mass is 9.89. The molecule has 18 nitrogen and oxygen atoms in total. The third-order valence-corrected chi connectivity index (χ3v) is 15.4. The van der Waals surface area contributed by atoms with E-state index in [1.54, 1.807) is 78.9 Å². The van der Waals surface area contributed by atoms with Crippen LogP contribution in [0, 0.1) is 34.0 Å². The number of nitrogens with zero attached hydrogens (tertiary/aromatic N) is 7. The first-order valence-electron chi connectivity index (χ1n) is 27.6. The monoisotopic (exact) mass is 1230 g/mol. The molecule has 3 atom stereocenters. The van der Waals surface area contributed by atoms with Crippen LogP contribution in [0.3, 0.4) is 0 Å². The number of likely N-dealkylation sites (N-methyl/N-ethyl adjacent to an activating group) is 1. The van der Waals surface area contributed by atoms with Crippen LogP contribution in [0.4, 0.5) is 66.6 Å². The van der Waals surface area contributed by atoms with Gasteiger partial charge in [0.2, 0.25) is 0 Å². The molecule has 26 heteroatoms. The van der Waals surface area contributed by atoms with Crippen molar-refractivity contribution in [3.8, 4) is 18.2 Å². The molecule has 6 aliphatic heterocycles. The molecule has 5 N–H and O–H groups in total. The van der Waals surface area contributed by atoms with Gasteiger partial charge in [-0.05, 0) is 102 Å². The third-order valence-electron chi connectivity index (χ3n) is 15.4. The molecular weight excluding hydrogens is 1180 g/mol. The molecule has 0 aliphatic carbocycles. The highest BCUT2D eigenvalue weighted by atomic mass is 19.4. The zero-order chi connectivity index (χ0) is 64.3. The van der Waals surface area contributed by atoms with E-state index in [0.29, 0.717) is 81.0 Å². The summed E-state index contributed by atoms with van der Waals surface area (Å²) in [6.07, 6.45) is -10.8. The van der Waals surface area contributed by atoms with Crippen LogP contribution in [0.5, 0.6) is 0 Å². The third kappa shape index (κ3) is 12.3. The van der Waals surface area contributed by atoms with E-state index in [-0.39, 0.29) is 59.5 Å². The Morgan fingerprint density at radius 2 is 0.822 bits per heavy atom. The Bertz CT molecular complexity index is 4130. The van der Waals surface area contributed by atoms with Gasteiger partial charge in [0.05, 0.1) is 97.9 Å². The van der Waals surface area contributed by atoms with Crippen molar-refractivity contribution in [2.45, 2.75) is 56.2 Å². The molecule has 0 spiro atoms. The smallest absolute Gasteiger partial charge is 0.352 e. The molecule has 0 unspecified atom stereocenters. The summed E-state index contributed by atoms with van der Waals surface area (Å²) in [4.78, 5) is 82.3. The minimum Gasteiger partial charge on any atom is -0.352 e. The van der Waals surface area contributed by atoms with E-state index in [1.807, 2.05) is 18.2 Å². The molecule has 0 saturated carbocycles. The Balaban J connectivity index is 0.000000149. The van der Waals surface area contributed by atoms with Crippen LogP contribution in [-0.4, -0.2) is 67.4 Å². The number of carbonyl (C=O) groups is 6. The summed E-state index contributed by atoms with van der Waals surface area (Å²) < 4.78 is 105. The minimum atomic E-state index is -4.56. The number of halogens is 8. The fourth-order valence-corrected chi connectivity index (χ4v) is 11.3. The van der Waals surface area contributed by atoms with Gasteiger partial charge in [-0.2, -0.15) is 42.1 Å². The summed E-state index contributed by atoms with van der Waals surface area (Å²) >= 11 is 0. The van der Waals surface area contributed by atoms with Crippen LogP contribution in [-0.2, 0) is 26.7 Å². The van der Waals surface area contributed by atoms with Crippen LogP contribution in [0.1, 0.15) is 93.9 Å². The van der Waals surface area contributed by atoms with Crippen molar-refractivity contribution < 1.29 is 63.9 Å². The van der Waals surface area contributed by atoms with E-state index < -0.39 is 72.0 Å². The molecular formula is C64H48F8N12O6. The first-order valence-corrected chi connectivity index (χ1v) is 27.6. The summed E-state index contributed by atoms with van der Waals surface area (Å²) in [6, 6.07) is 36.2. The maximum atomic E-state index is 13.3.